The van der Waals surface area contributed by atoms with Crippen LogP contribution in [0.3, 0.4) is 0 Å². The van der Waals surface area contributed by atoms with Crippen LogP contribution in [0.5, 0.6) is 11.5 Å². The summed E-state index contributed by atoms with van der Waals surface area (Å²) in [6.45, 7) is 0. The number of ketones is 1. The van der Waals surface area contributed by atoms with E-state index >= 15 is 0 Å². The van der Waals surface area contributed by atoms with Gasteiger partial charge >= 0.3 is 0 Å². The highest BCUT2D eigenvalue weighted by molar-refractivity contribution is 6.10. The monoisotopic (exact) mass is 508 g/mol. The first kappa shape index (κ1) is 26.2. The molecule has 0 spiro atoms. The Kier molecular flexibility index (Phi) is 8.51. The van der Waals surface area contributed by atoms with Gasteiger partial charge < -0.3 is 18.9 Å². The number of carbonyl (C=O) groups excluding carboxylic acids is 1. The highest BCUT2D eigenvalue weighted by Crippen LogP contribution is 2.28. The van der Waals surface area contributed by atoms with Crippen LogP contribution < -0.4 is 9.47 Å². The van der Waals surface area contributed by atoms with Crippen LogP contribution in [0.25, 0.3) is 0 Å². The largest absolute Gasteiger partial charge is 0.494 e. The number of hydrogen-bond donors (Lipinski definition) is 0. The van der Waals surface area contributed by atoms with Crippen LogP contribution in [0.1, 0.15) is 27.0 Å². The van der Waals surface area contributed by atoms with E-state index in [4.69, 9.17) is 18.9 Å². The molecule has 4 aromatic rings. The van der Waals surface area contributed by atoms with E-state index < -0.39 is 0 Å². The average molecular weight is 509 g/mol. The Morgan fingerprint density at radius 1 is 0.500 bits per heavy atom. The van der Waals surface area contributed by atoms with Crippen molar-refractivity contribution in [1.29, 1.82) is 0 Å². The highest BCUT2D eigenvalue weighted by atomic mass is 16.5. The number of rotatable bonds is 8. The Morgan fingerprint density at radius 3 is 1.18 bits per heavy atom. The van der Waals surface area contributed by atoms with Crippen molar-refractivity contribution in [3.8, 4) is 11.5 Å². The molecule has 0 amide bonds. The molecular weight excluding hydrogens is 480 g/mol. The molecule has 0 heterocycles. The molecule has 0 atom stereocenters. The summed E-state index contributed by atoms with van der Waals surface area (Å²) in [5, 5.41) is 0. The van der Waals surface area contributed by atoms with Gasteiger partial charge in [-0.25, -0.2) is 9.98 Å². The van der Waals surface area contributed by atoms with Gasteiger partial charge in [0, 0.05) is 22.3 Å². The van der Waals surface area contributed by atoms with Crippen molar-refractivity contribution in [2.45, 2.75) is 0 Å². The number of benzene rings is 4. The van der Waals surface area contributed by atoms with Crippen molar-refractivity contribution < 1.29 is 23.7 Å². The lowest BCUT2D eigenvalue weighted by atomic mass is 10.0. The van der Waals surface area contributed by atoms with Crippen molar-refractivity contribution >= 4 is 29.0 Å². The van der Waals surface area contributed by atoms with Crippen LogP contribution in [0, 0.1) is 0 Å². The van der Waals surface area contributed by atoms with E-state index in [1.807, 2.05) is 72.8 Å². The van der Waals surface area contributed by atoms with Crippen molar-refractivity contribution in [3.63, 3.8) is 0 Å². The molecule has 38 heavy (non-hydrogen) atoms. The average Bonchev–Trinajstić information content (AvgIpc) is 2.99. The minimum atomic E-state index is -0.107. The van der Waals surface area contributed by atoms with Crippen LogP contribution in [-0.4, -0.2) is 46.0 Å². The summed E-state index contributed by atoms with van der Waals surface area (Å²) >= 11 is 0. The summed E-state index contributed by atoms with van der Waals surface area (Å²) in [6.07, 6.45) is 0. The molecular formula is C31H28N2O5. The fraction of sp³-hybridized carbons (Fsp3) is 0.129. The summed E-state index contributed by atoms with van der Waals surface area (Å²) in [6, 6.07) is 29.1. The Bertz CT molecular complexity index is 1350. The SMILES string of the molecule is CO/C(=N\c1ccccc1OC)c1ccc(C(=O)c2ccc(/C(=N/c3ccccc3OC)OC)cc2)cc1. The van der Waals surface area contributed by atoms with Gasteiger partial charge in [0.15, 0.2) is 5.78 Å². The zero-order valence-electron chi connectivity index (χ0n) is 21.7. The Labute approximate surface area is 222 Å². The third kappa shape index (κ3) is 5.90. The summed E-state index contributed by atoms with van der Waals surface area (Å²) in [4.78, 5) is 22.3. The normalized spacial score (nSPS) is 11.6. The third-order valence-corrected chi connectivity index (χ3v) is 5.79. The molecule has 0 unspecified atom stereocenters. The molecule has 7 nitrogen and oxygen atoms in total. The third-order valence-electron chi connectivity index (χ3n) is 5.79. The van der Waals surface area contributed by atoms with Crippen LogP contribution >= 0.6 is 0 Å². The van der Waals surface area contributed by atoms with Gasteiger partial charge in [-0.2, -0.15) is 0 Å². The summed E-state index contributed by atoms with van der Waals surface area (Å²) in [5.74, 6) is 2.01. The van der Waals surface area contributed by atoms with Gasteiger partial charge in [0.2, 0.25) is 11.8 Å². The molecule has 0 saturated carbocycles. The lowest BCUT2D eigenvalue weighted by Crippen LogP contribution is -2.07. The minimum Gasteiger partial charge on any atom is -0.494 e. The molecule has 0 bridgehead atoms. The molecule has 0 fully saturated rings. The smallest absolute Gasteiger partial charge is 0.221 e. The van der Waals surface area contributed by atoms with Crippen molar-refractivity contribution in [2.24, 2.45) is 9.98 Å². The van der Waals surface area contributed by atoms with Gasteiger partial charge in [-0.3, -0.25) is 4.79 Å². The zero-order valence-corrected chi connectivity index (χ0v) is 21.7. The van der Waals surface area contributed by atoms with Crippen molar-refractivity contribution in [3.05, 3.63) is 119 Å². The van der Waals surface area contributed by atoms with Gasteiger partial charge in [-0.05, 0) is 48.5 Å². The van der Waals surface area contributed by atoms with Crippen molar-refractivity contribution in [2.75, 3.05) is 28.4 Å². The maximum atomic E-state index is 13.1. The number of hydrogen-bond acceptors (Lipinski definition) is 7. The predicted octanol–water partition coefficient (Wildman–Crippen LogP) is 6.38. The Morgan fingerprint density at radius 2 is 0.842 bits per heavy atom. The number of aliphatic imine (C=N–C) groups is 2. The van der Waals surface area contributed by atoms with E-state index in [0.717, 1.165) is 11.1 Å². The lowest BCUT2D eigenvalue weighted by molar-refractivity contribution is 0.103. The molecule has 0 radical (unpaired) electrons. The fourth-order valence-corrected chi connectivity index (χ4v) is 3.81. The number of methoxy groups -OCH3 is 4. The molecule has 0 aromatic heterocycles. The van der Waals surface area contributed by atoms with Crippen LogP contribution in [0.2, 0.25) is 0 Å². The number of ether oxygens (including phenoxy) is 4. The molecule has 0 aliphatic carbocycles. The summed E-state index contributed by atoms with van der Waals surface area (Å²) < 4.78 is 21.7. The highest BCUT2D eigenvalue weighted by Gasteiger charge is 2.13. The van der Waals surface area contributed by atoms with E-state index in [0.29, 0.717) is 45.8 Å². The number of nitrogens with zero attached hydrogens (tertiary/aromatic N) is 2. The van der Waals surface area contributed by atoms with Crippen LogP contribution in [0.4, 0.5) is 11.4 Å². The minimum absolute atomic E-state index is 0.107. The number of para-hydroxylation sites is 4. The fourth-order valence-electron chi connectivity index (χ4n) is 3.81. The van der Waals surface area contributed by atoms with Crippen LogP contribution in [-0.2, 0) is 9.47 Å². The molecule has 0 saturated heterocycles. The molecule has 4 aromatic carbocycles. The molecule has 0 aliphatic rings. The summed E-state index contributed by atoms with van der Waals surface area (Å²) in [5.41, 5.74) is 3.87. The maximum Gasteiger partial charge on any atom is 0.221 e. The second-order valence-corrected chi connectivity index (χ2v) is 8.07. The van der Waals surface area contributed by atoms with Gasteiger partial charge in [0.05, 0.1) is 28.4 Å². The first-order valence-electron chi connectivity index (χ1n) is 11.8. The van der Waals surface area contributed by atoms with E-state index in [9.17, 15) is 4.79 Å². The molecule has 0 N–H and O–H groups in total. The topological polar surface area (TPSA) is 78.7 Å². The van der Waals surface area contributed by atoms with E-state index in [2.05, 4.69) is 9.98 Å². The first-order chi connectivity index (χ1) is 18.6. The molecule has 0 aliphatic heterocycles. The molecule has 4 rings (SSSR count). The van der Waals surface area contributed by atoms with E-state index in [1.165, 1.54) is 0 Å². The van der Waals surface area contributed by atoms with Gasteiger partial charge in [0.25, 0.3) is 0 Å². The molecule has 7 heteroatoms. The van der Waals surface area contributed by atoms with Gasteiger partial charge in [-0.1, -0.05) is 48.5 Å². The first-order valence-corrected chi connectivity index (χ1v) is 11.8. The lowest BCUT2D eigenvalue weighted by Gasteiger charge is -2.10. The Hall–Kier alpha value is -4.91. The van der Waals surface area contributed by atoms with Crippen molar-refractivity contribution in [1.82, 2.24) is 0 Å². The Balaban J connectivity index is 1.54. The second kappa shape index (κ2) is 12.4. The van der Waals surface area contributed by atoms with E-state index in [1.54, 1.807) is 52.7 Å². The predicted molar refractivity (Wildman–Crippen MR) is 149 cm³/mol. The quantitative estimate of drug-likeness (QED) is 0.157. The number of carbonyl (C=O) groups is 1. The zero-order chi connectivity index (χ0) is 26.9. The van der Waals surface area contributed by atoms with E-state index in [-0.39, 0.29) is 5.78 Å². The van der Waals surface area contributed by atoms with Gasteiger partial charge in [-0.15, -0.1) is 0 Å². The maximum absolute atomic E-state index is 13.1. The molecule has 192 valence electrons. The van der Waals surface area contributed by atoms with Crippen LogP contribution in [0.15, 0.2) is 107 Å². The van der Waals surface area contributed by atoms with Gasteiger partial charge in [0.1, 0.15) is 22.9 Å². The summed E-state index contributed by atoms with van der Waals surface area (Å²) in [7, 11) is 6.30. The standard InChI is InChI=1S/C31H28N2O5/c1-35-27-11-7-5-9-25(27)32-30(37-3)23-17-13-21(14-18-23)29(34)22-15-19-24(20-16-22)31(38-4)33-26-10-6-8-12-28(26)36-2/h5-20H,1-4H3/b32-30-,33-31-. The second-order valence-electron chi connectivity index (χ2n) is 8.07.